The number of likely N-dealkylation sites (N-methyl/N-ethyl adjacent to an activating group) is 1. The van der Waals surface area contributed by atoms with Gasteiger partial charge in [-0.25, -0.2) is 4.79 Å². The lowest BCUT2D eigenvalue weighted by Crippen LogP contribution is -2.46. The van der Waals surface area contributed by atoms with E-state index in [9.17, 15) is 4.79 Å². The smallest absolute Gasteiger partial charge is 0.410 e. The van der Waals surface area contributed by atoms with Crippen LogP contribution in [-0.4, -0.2) is 61.9 Å². The van der Waals surface area contributed by atoms with Crippen LogP contribution in [0, 0.1) is 0 Å². The Bertz CT molecular complexity index is 626. The fourth-order valence-electron chi connectivity index (χ4n) is 3.74. The van der Waals surface area contributed by atoms with Gasteiger partial charge in [0, 0.05) is 45.1 Å². The predicted octanol–water partition coefficient (Wildman–Crippen LogP) is 3.29. The molecule has 1 aromatic carbocycles. The van der Waals surface area contributed by atoms with Gasteiger partial charge in [0.25, 0.3) is 0 Å². The van der Waals surface area contributed by atoms with Gasteiger partial charge in [-0.2, -0.15) is 0 Å². The Kier molecular flexibility index (Phi) is 5.91. The molecule has 2 heterocycles. The van der Waals surface area contributed by atoms with E-state index in [1.54, 1.807) is 19.1 Å². The number of amides is 1. The van der Waals surface area contributed by atoms with Crippen molar-refractivity contribution in [3.05, 3.63) is 23.8 Å². The van der Waals surface area contributed by atoms with Gasteiger partial charge in [-0.3, -0.25) is 4.90 Å². The summed E-state index contributed by atoms with van der Waals surface area (Å²) in [5.74, 6) is 1.65. The number of para-hydroxylation sites is 1. The minimum atomic E-state index is -0.294. The molecule has 2 saturated heterocycles. The van der Waals surface area contributed by atoms with Crippen LogP contribution in [-0.2, 0) is 11.3 Å². The Morgan fingerprint density at radius 1 is 1.27 bits per heavy atom. The van der Waals surface area contributed by atoms with E-state index in [4.69, 9.17) is 14.2 Å². The first kappa shape index (κ1) is 18.8. The molecular formula is C20H30N2O4. The molecule has 0 aromatic heterocycles. The van der Waals surface area contributed by atoms with Crippen LogP contribution in [0.5, 0.6) is 11.5 Å². The molecule has 144 valence electrons. The third-order valence-electron chi connectivity index (χ3n) is 5.33. The molecule has 3 rings (SSSR count). The number of unbranched alkanes of at least 4 members (excludes halogenated alkanes) is 1. The van der Waals surface area contributed by atoms with Crippen molar-refractivity contribution in [2.75, 3.05) is 40.4 Å². The third-order valence-corrected chi connectivity index (χ3v) is 5.33. The average molecular weight is 362 g/mol. The van der Waals surface area contributed by atoms with E-state index in [0.717, 1.165) is 62.4 Å². The Morgan fingerprint density at radius 3 is 2.65 bits per heavy atom. The van der Waals surface area contributed by atoms with Gasteiger partial charge in [0.2, 0.25) is 0 Å². The zero-order chi connectivity index (χ0) is 18.6. The molecule has 2 fully saturated rings. The summed E-state index contributed by atoms with van der Waals surface area (Å²) in [6.07, 6.45) is 3.69. The standard InChI is InChI=1S/C20H30N2O4/c1-4-5-13-25-18-16(7-6-8-17(18)24-3)14-22-11-9-20(10-12-22)15-21(2)19(23)26-20/h6-8H,4-5,9-15H2,1-3H3. The van der Waals surface area contributed by atoms with E-state index in [1.165, 1.54) is 0 Å². The highest BCUT2D eigenvalue weighted by molar-refractivity contribution is 5.70. The fraction of sp³-hybridized carbons (Fsp3) is 0.650. The van der Waals surface area contributed by atoms with Gasteiger partial charge in [0.05, 0.1) is 20.3 Å². The van der Waals surface area contributed by atoms with Gasteiger partial charge in [0.15, 0.2) is 11.5 Å². The van der Waals surface area contributed by atoms with Crippen LogP contribution in [0.15, 0.2) is 18.2 Å². The van der Waals surface area contributed by atoms with Crippen LogP contribution in [0.25, 0.3) is 0 Å². The molecule has 1 amide bonds. The monoisotopic (exact) mass is 362 g/mol. The van der Waals surface area contributed by atoms with E-state index in [-0.39, 0.29) is 11.7 Å². The van der Waals surface area contributed by atoms with Crippen molar-refractivity contribution in [1.82, 2.24) is 9.80 Å². The Morgan fingerprint density at radius 2 is 2.04 bits per heavy atom. The van der Waals surface area contributed by atoms with E-state index in [2.05, 4.69) is 17.9 Å². The van der Waals surface area contributed by atoms with Crippen molar-refractivity contribution in [2.24, 2.45) is 0 Å². The molecule has 1 aromatic rings. The van der Waals surface area contributed by atoms with E-state index < -0.39 is 0 Å². The number of carbonyl (C=O) groups is 1. The maximum absolute atomic E-state index is 11.7. The summed E-state index contributed by atoms with van der Waals surface area (Å²) in [5, 5.41) is 0. The summed E-state index contributed by atoms with van der Waals surface area (Å²) in [5.41, 5.74) is 0.855. The summed E-state index contributed by atoms with van der Waals surface area (Å²) in [4.78, 5) is 15.8. The summed E-state index contributed by atoms with van der Waals surface area (Å²) in [6.45, 7) is 6.20. The topological polar surface area (TPSA) is 51.2 Å². The van der Waals surface area contributed by atoms with Gasteiger partial charge in [-0.15, -0.1) is 0 Å². The number of benzene rings is 1. The predicted molar refractivity (Wildman–Crippen MR) is 99.8 cm³/mol. The zero-order valence-corrected chi connectivity index (χ0v) is 16.1. The van der Waals surface area contributed by atoms with Crippen molar-refractivity contribution in [3.8, 4) is 11.5 Å². The SMILES string of the molecule is CCCCOc1c(CN2CCC3(CC2)CN(C)C(=O)O3)cccc1OC. The van der Waals surface area contributed by atoms with Crippen molar-refractivity contribution in [3.63, 3.8) is 0 Å². The van der Waals surface area contributed by atoms with Crippen LogP contribution >= 0.6 is 0 Å². The van der Waals surface area contributed by atoms with Crippen LogP contribution in [0.4, 0.5) is 4.79 Å². The lowest BCUT2D eigenvalue weighted by Gasteiger charge is -2.37. The highest BCUT2D eigenvalue weighted by atomic mass is 16.6. The van der Waals surface area contributed by atoms with Gasteiger partial charge >= 0.3 is 6.09 Å². The molecule has 2 aliphatic rings. The normalized spacial score (nSPS) is 19.7. The number of methoxy groups -OCH3 is 1. The summed E-state index contributed by atoms with van der Waals surface area (Å²) in [7, 11) is 3.49. The Labute approximate surface area is 156 Å². The number of rotatable bonds is 7. The summed E-state index contributed by atoms with van der Waals surface area (Å²) in [6, 6.07) is 6.07. The molecule has 0 saturated carbocycles. The first-order valence-corrected chi connectivity index (χ1v) is 9.52. The molecular weight excluding hydrogens is 332 g/mol. The second-order valence-electron chi connectivity index (χ2n) is 7.33. The molecule has 0 radical (unpaired) electrons. The number of nitrogens with zero attached hydrogens (tertiary/aromatic N) is 2. The average Bonchev–Trinajstić information content (AvgIpc) is 2.92. The lowest BCUT2D eigenvalue weighted by atomic mass is 9.91. The van der Waals surface area contributed by atoms with Crippen LogP contribution in [0.1, 0.15) is 38.2 Å². The van der Waals surface area contributed by atoms with E-state index >= 15 is 0 Å². The first-order valence-electron chi connectivity index (χ1n) is 9.52. The number of hydrogen-bond donors (Lipinski definition) is 0. The molecule has 6 nitrogen and oxygen atoms in total. The molecule has 0 unspecified atom stereocenters. The fourth-order valence-corrected chi connectivity index (χ4v) is 3.74. The van der Waals surface area contributed by atoms with Crippen LogP contribution in [0.2, 0.25) is 0 Å². The third kappa shape index (κ3) is 4.06. The minimum Gasteiger partial charge on any atom is -0.493 e. The van der Waals surface area contributed by atoms with E-state index in [0.29, 0.717) is 13.2 Å². The zero-order valence-electron chi connectivity index (χ0n) is 16.1. The number of carbonyl (C=O) groups excluding carboxylic acids is 1. The van der Waals surface area contributed by atoms with Gasteiger partial charge < -0.3 is 19.1 Å². The number of hydrogen-bond acceptors (Lipinski definition) is 5. The molecule has 0 aliphatic carbocycles. The molecule has 1 spiro atoms. The lowest BCUT2D eigenvalue weighted by molar-refractivity contribution is -0.00136. The highest BCUT2D eigenvalue weighted by Crippen LogP contribution is 2.35. The Balaban J connectivity index is 1.63. The van der Waals surface area contributed by atoms with Crippen molar-refractivity contribution >= 4 is 6.09 Å². The van der Waals surface area contributed by atoms with Crippen molar-refractivity contribution < 1.29 is 19.0 Å². The minimum absolute atomic E-state index is 0.196. The molecule has 6 heteroatoms. The van der Waals surface area contributed by atoms with Gasteiger partial charge in [-0.05, 0) is 12.5 Å². The molecule has 2 aliphatic heterocycles. The second kappa shape index (κ2) is 8.16. The number of likely N-dealkylation sites (tertiary alicyclic amines) is 1. The van der Waals surface area contributed by atoms with Crippen LogP contribution in [0.3, 0.4) is 0 Å². The second-order valence-corrected chi connectivity index (χ2v) is 7.33. The van der Waals surface area contributed by atoms with Gasteiger partial charge in [0.1, 0.15) is 5.60 Å². The van der Waals surface area contributed by atoms with Crippen LogP contribution < -0.4 is 9.47 Å². The van der Waals surface area contributed by atoms with Crippen molar-refractivity contribution in [1.29, 1.82) is 0 Å². The van der Waals surface area contributed by atoms with Crippen molar-refractivity contribution in [2.45, 2.75) is 44.8 Å². The maximum atomic E-state index is 11.7. The van der Waals surface area contributed by atoms with E-state index in [1.807, 2.05) is 12.1 Å². The number of ether oxygens (including phenoxy) is 3. The highest BCUT2D eigenvalue weighted by Gasteiger charge is 2.45. The summed E-state index contributed by atoms with van der Waals surface area (Å²) < 4.78 is 17.2. The quantitative estimate of drug-likeness (QED) is 0.697. The number of piperidine rings is 1. The van der Waals surface area contributed by atoms with Gasteiger partial charge in [-0.1, -0.05) is 25.5 Å². The summed E-state index contributed by atoms with van der Waals surface area (Å²) >= 11 is 0. The Hall–Kier alpha value is -1.95. The largest absolute Gasteiger partial charge is 0.493 e. The molecule has 0 atom stereocenters. The maximum Gasteiger partial charge on any atom is 0.410 e. The molecule has 26 heavy (non-hydrogen) atoms. The molecule has 0 bridgehead atoms. The molecule has 0 N–H and O–H groups in total. The first-order chi connectivity index (χ1) is 12.6.